The van der Waals surface area contributed by atoms with Crippen molar-refractivity contribution in [2.45, 2.75) is 96.0 Å². The number of carbonyl (C=O) groups is 3. The van der Waals surface area contributed by atoms with Crippen LogP contribution in [0.5, 0.6) is 0 Å². The van der Waals surface area contributed by atoms with Crippen LogP contribution in [0.15, 0.2) is 30.3 Å². The third-order valence-corrected chi connectivity index (χ3v) is 7.18. The van der Waals surface area contributed by atoms with Gasteiger partial charge in [-0.3, -0.25) is 14.4 Å². The van der Waals surface area contributed by atoms with Gasteiger partial charge in [0.05, 0.1) is 13.2 Å². The van der Waals surface area contributed by atoms with Gasteiger partial charge in [-0.2, -0.15) is 0 Å². The first-order chi connectivity index (χ1) is 18.5. The normalized spacial score (nSPS) is 24.7. The van der Waals surface area contributed by atoms with Crippen LogP contribution >= 0.6 is 0 Å². The van der Waals surface area contributed by atoms with Crippen molar-refractivity contribution in [3.8, 4) is 0 Å². The van der Waals surface area contributed by atoms with Crippen LogP contribution in [0.2, 0.25) is 0 Å². The first-order valence-electron chi connectivity index (χ1n) is 14.3. The second-order valence-corrected chi connectivity index (χ2v) is 10.4. The van der Waals surface area contributed by atoms with Crippen molar-refractivity contribution in [1.29, 1.82) is 0 Å². The Bertz CT molecular complexity index is 846. The van der Waals surface area contributed by atoms with Gasteiger partial charge in [0.15, 0.2) is 6.29 Å². The third kappa shape index (κ3) is 11.1. The average molecular weight is 532 g/mol. The summed E-state index contributed by atoms with van der Waals surface area (Å²) in [7, 11) is 1.77. The van der Waals surface area contributed by atoms with E-state index in [0.717, 1.165) is 69.8 Å². The molecule has 0 saturated carbocycles. The molecule has 38 heavy (non-hydrogen) atoms. The smallest absolute Gasteiger partial charge is 0.247 e. The number of nitrogens with zero attached hydrogens (tertiary/aromatic N) is 1. The molecule has 0 spiro atoms. The van der Waals surface area contributed by atoms with Gasteiger partial charge in [0.25, 0.3) is 0 Å². The lowest BCUT2D eigenvalue weighted by atomic mass is 9.95. The van der Waals surface area contributed by atoms with Gasteiger partial charge in [-0.15, -0.1) is 0 Å². The van der Waals surface area contributed by atoms with Crippen molar-refractivity contribution >= 4 is 17.7 Å². The molecule has 0 aromatic heterocycles. The molecule has 3 amide bonds. The number of nitrogens with one attached hydrogen (secondary N) is 2. The summed E-state index contributed by atoms with van der Waals surface area (Å²) in [6, 6.07) is 8.90. The maximum absolute atomic E-state index is 13.4. The molecule has 3 rings (SSSR count). The molecule has 2 fully saturated rings. The van der Waals surface area contributed by atoms with Crippen molar-refractivity contribution in [1.82, 2.24) is 15.7 Å². The van der Waals surface area contributed by atoms with Gasteiger partial charge in [-0.25, -0.2) is 10.3 Å². The van der Waals surface area contributed by atoms with Crippen LogP contribution in [0.1, 0.15) is 82.6 Å². The Morgan fingerprint density at radius 3 is 2.45 bits per heavy atom. The van der Waals surface area contributed by atoms with E-state index in [1.165, 1.54) is 0 Å². The molecule has 0 radical (unpaired) electrons. The van der Waals surface area contributed by atoms with Crippen molar-refractivity contribution in [2.75, 3.05) is 26.8 Å². The van der Waals surface area contributed by atoms with Gasteiger partial charge in [-0.05, 0) is 31.2 Å². The Morgan fingerprint density at radius 1 is 1.00 bits per heavy atom. The molecule has 0 bridgehead atoms. The number of likely N-dealkylation sites (N-methyl/N-ethyl adjacent to an activating group) is 1. The quantitative estimate of drug-likeness (QED) is 0.494. The number of carbonyl (C=O) groups excluding carboxylic acids is 3. The van der Waals surface area contributed by atoms with Crippen LogP contribution in [-0.4, -0.2) is 61.8 Å². The van der Waals surface area contributed by atoms with E-state index in [4.69, 9.17) is 14.3 Å². The monoisotopic (exact) mass is 531 g/mol. The van der Waals surface area contributed by atoms with Crippen molar-refractivity contribution in [3.05, 3.63) is 35.9 Å². The van der Waals surface area contributed by atoms with Crippen LogP contribution in [0.3, 0.4) is 0 Å². The molecule has 2 aliphatic rings. The molecule has 2 saturated heterocycles. The first kappa shape index (κ1) is 30.1. The summed E-state index contributed by atoms with van der Waals surface area (Å²) in [5, 5.41) is 2.91. The summed E-state index contributed by atoms with van der Waals surface area (Å²) in [6.07, 6.45) is 10.1. The second kappa shape index (κ2) is 17.2. The molecule has 2 unspecified atom stereocenters. The van der Waals surface area contributed by atoms with E-state index in [0.29, 0.717) is 26.2 Å². The molecule has 1 aromatic rings. The number of hydrogen-bond acceptors (Lipinski definition) is 6. The minimum Gasteiger partial charge on any atom is -0.374 e. The molecular formula is C29H45N3O6. The highest BCUT2D eigenvalue weighted by Gasteiger charge is 2.29. The van der Waals surface area contributed by atoms with Gasteiger partial charge in [0.2, 0.25) is 17.7 Å². The van der Waals surface area contributed by atoms with E-state index in [-0.39, 0.29) is 30.7 Å². The number of amides is 3. The number of benzene rings is 1. The SMILES string of the molecule is CN1CCCCCCCCCC(CC(=O)NO[C@H]2CCCCO2)C(=O)NC(COCc2ccccc2)C1=O. The zero-order chi connectivity index (χ0) is 27.0. The topological polar surface area (TPSA) is 106 Å². The van der Waals surface area contributed by atoms with E-state index in [2.05, 4.69) is 10.8 Å². The lowest BCUT2D eigenvalue weighted by Crippen LogP contribution is -2.51. The Balaban J connectivity index is 1.63. The van der Waals surface area contributed by atoms with Gasteiger partial charge < -0.3 is 19.7 Å². The second-order valence-electron chi connectivity index (χ2n) is 10.4. The molecule has 9 heteroatoms. The summed E-state index contributed by atoms with van der Waals surface area (Å²) in [5.74, 6) is -1.41. The Kier molecular flexibility index (Phi) is 13.6. The fourth-order valence-corrected chi connectivity index (χ4v) is 4.86. The number of hydrogen-bond donors (Lipinski definition) is 2. The van der Waals surface area contributed by atoms with Crippen LogP contribution in [-0.2, 0) is 35.3 Å². The van der Waals surface area contributed by atoms with E-state index in [9.17, 15) is 14.4 Å². The summed E-state index contributed by atoms with van der Waals surface area (Å²) >= 11 is 0. The van der Waals surface area contributed by atoms with Crippen molar-refractivity contribution in [3.63, 3.8) is 0 Å². The first-order valence-corrected chi connectivity index (χ1v) is 14.3. The third-order valence-electron chi connectivity index (χ3n) is 7.18. The molecule has 9 nitrogen and oxygen atoms in total. The summed E-state index contributed by atoms with van der Waals surface area (Å²) < 4.78 is 11.4. The predicted molar refractivity (Wildman–Crippen MR) is 144 cm³/mol. The van der Waals surface area contributed by atoms with Gasteiger partial charge in [-0.1, -0.05) is 68.9 Å². The lowest BCUT2D eigenvalue weighted by molar-refractivity contribution is -0.200. The highest BCUT2D eigenvalue weighted by Crippen LogP contribution is 2.18. The highest BCUT2D eigenvalue weighted by molar-refractivity contribution is 5.90. The Labute approximate surface area is 226 Å². The van der Waals surface area contributed by atoms with Crippen LogP contribution in [0, 0.1) is 5.92 Å². The number of ether oxygens (including phenoxy) is 2. The maximum Gasteiger partial charge on any atom is 0.247 e. The zero-order valence-corrected chi connectivity index (χ0v) is 22.8. The molecule has 0 aliphatic carbocycles. The molecule has 1 aromatic carbocycles. The van der Waals surface area contributed by atoms with Crippen LogP contribution in [0.25, 0.3) is 0 Å². The molecule has 3 atom stereocenters. The van der Waals surface area contributed by atoms with Crippen molar-refractivity contribution in [2.24, 2.45) is 5.92 Å². The number of rotatable bonds is 8. The van der Waals surface area contributed by atoms with Crippen LogP contribution < -0.4 is 10.8 Å². The molecule has 2 N–H and O–H groups in total. The summed E-state index contributed by atoms with van der Waals surface area (Å²) in [4.78, 5) is 46.5. The van der Waals surface area contributed by atoms with Crippen molar-refractivity contribution < 1.29 is 28.7 Å². The summed E-state index contributed by atoms with van der Waals surface area (Å²) in [5.41, 5.74) is 3.46. The van der Waals surface area contributed by atoms with E-state index in [1.807, 2.05) is 30.3 Å². The fourth-order valence-electron chi connectivity index (χ4n) is 4.86. The standard InChI is InChI=1S/C29H45N3O6/c1-32-18-12-6-4-2-3-5-10-16-24(20-26(33)31-38-27-17-11-13-19-37-27)28(34)30-25(29(32)35)22-36-21-23-14-8-7-9-15-23/h7-9,14-15,24-25,27H,2-6,10-13,16-22H2,1H3,(H,30,34)(H,31,33)/t24?,25?,27-/m0/s1. The van der Waals surface area contributed by atoms with E-state index in [1.54, 1.807) is 11.9 Å². The molecule has 2 aliphatic heterocycles. The summed E-state index contributed by atoms with van der Waals surface area (Å²) in [6.45, 7) is 1.65. The fraction of sp³-hybridized carbons (Fsp3) is 0.690. The van der Waals surface area contributed by atoms with Gasteiger partial charge in [0.1, 0.15) is 6.04 Å². The van der Waals surface area contributed by atoms with E-state index < -0.39 is 18.2 Å². The van der Waals surface area contributed by atoms with Crippen LogP contribution in [0.4, 0.5) is 0 Å². The Morgan fingerprint density at radius 2 is 1.71 bits per heavy atom. The maximum atomic E-state index is 13.4. The minimum atomic E-state index is -0.821. The van der Waals surface area contributed by atoms with Gasteiger partial charge >= 0.3 is 0 Å². The molecular weight excluding hydrogens is 486 g/mol. The van der Waals surface area contributed by atoms with E-state index >= 15 is 0 Å². The predicted octanol–water partition coefficient (Wildman–Crippen LogP) is 3.86. The highest BCUT2D eigenvalue weighted by atomic mass is 16.8. The lowest BCUT2D eigenvalue weighted by Gasteiger charge is -2.26. The molecule has 212 valence electrons. The zero-order valence-electron chi connectivity index (χ0n) is 22.8. The Hall–Kier alpha value is -2.49. The van der Waals surface area contributed by atoms with Gasteiger partial charge in [0, 0.05) is 39.0 Å². The average Bonchev–Trinajstić information content (AvgIpc) is 2.94. The minimum absolute atomic E-state index is 0.0137. The molecule has 2 heterocycles. The largest absolute Gasteiger partial charge is 0.374 e. The number of hydroxylamine groups is 1.